The highest BCUT2D eigenvalue weighted by Gasteiger charge is 2.51. The maximum absolute atomic E-state index is 12.2. The van der Waals surface area contributed by atoms with E-state index in [2.05, 4.69) is 0 Å². The van der Waals surface area contributed by atoms with Crippen LogP contribution in [0.1, 0.15) is 15.9 Å². The molecule has 8 atom stereocenters. The van der Waals surface area contributed by atoms with Gasteiger partial charge < -0.3 is 64.2 Å². The van der Waals surface area contributed by atoms with E-state index in [4.69, 9.17) is 28.4 Å². The topological polar surface area (TPSA) is 214 Å². The summed E-state index contributed by atoms with van der Waals surface area (Å²) in [4.78, 5) is 12.2. The number of hydrogen-bond donors (Lipinski definition) is 7. The first kappa shape index (κ1) is 29.9. The molecule has 0 aliphatic carbocycles. The molecule has 4 rings (SSSR count). The van der Waals surface area contributed by atoms with Crippen LogP contribution in [0.4, 0.5) is 0 Å². The van der Waals surface area contributed by atoms with E-state index in [0.29, 0.717) is 5.56 Å². The molecule has 2 aliphatic rings. The fourth-order valence-electron chi connectivity index (χ4n) is 4.17. The minimum atomic E-state index is -2.01. The van der Waals surface area contributed by atoms with Gasteiger partial charge in [0.05, 0.1) is 32.5 Å². The van der Waals surface area contributed by atoms with Crippen LogP contribution in [0.15, 0.2) is 42.5 Å². The van der Waals surface area contributed by atoms with Gasteiger partial charge in [0.15, 0.2) is 23.4 Å². The maximum atomic E-state index is 12.2. The maximum Gasteiger partial charge on any atom is 0.338 e. The third-order valence-electron chi connectivity index (χ3n) is 6.61. The number of aromatic hydroxyl groups is 1. The summed E-state index contributed by atoms with van der Waals surface area (Å²) in [5, 5.41) is 71.2. The molecule has 2 saturated heterocycles. The fraction of sp³-hybridized carbons (Fsp3) is 0.500. The van der Waals surface area contributed by atoms with Crippen LogP contribution >= 0.6 is 0 Å². The minimum absolute atomic E-state index is 0.0433. The van der Waals surface area contributed by atoms with Gasteiger partial charge in [-0.25, -0.2) is 4.79 Å². The van der Waals surface area contributed by atoms with Crippen LogP contribution in [0, 0.1) is 0 Å². The molecule has 14 nitrogen and oxygen atoms in total. The van der Waals surface area contributed by atoms with Crippen LogP contribution < -0.4 is 9.47 Å². The number of phenols is 1. The van der Waals surface area contributed by atoms with E-state index >= 15 is 0 Å². The van der Waals surface area contributed by atoms with Crippen molar-refractivity contribution in [2.45, 2.75) is 55.3 Å². The molecule has 2 aromatic rings. The highest BCUT2D eigenvalue weighted by Crippen LogP contribution is 2.33. The zero-order chi connectivity index (χ0) is 29.0. The molecule has 7 N–H and O–H groups in total. The van der Waals surface area contributed by atoms with Gasteiger partial charge in [0.25, 0.3) is 0 Å². The normalized spacial score (nSPS) is 32.0. The third kappa shape index (κ3) is 6.46. The van der Waals surface area contributed by atoms with Gasteiger partial charge in [0.2, 0.25) is 6.29 Å². The standard InChI is InChI=1S/C26H32O14/c1-35-17-8-13(9-27)2-7-16(17)39-24-21(31)20(30)19(29)18(40-24)10-36-25-22(32)26(34,12-38-25)11-37-23(33)14-3-5-15(28)6-4-14/h2-8,18-22,24-25,27-32,34H,9-12H2,1H3/t18-,19-,20+,21-,22+,24-,25-,26-/m1/s1. The van der Waals surface area contributed by atoms with E-state index in [-0.39, 0.29) is 29.4 Å². The van der Waals surface area contributed by atoms with E-state index in [1.54, 1.807) is 6.07 Å². The minimum Gasteiger partial charge on any atom is -0.508 e. The van der Waals surface area contributed by atoms with Crippen molar-refractivity contribution < 1.29 is 69.0 Å². The van der Waals surface area contributed by atoms with Gasteiger partial charge in [-0.3, -0.25) is 0 Å². The molecule has 2 heterocycles. The van der Waals surface area contributed by atoms with Crippen LogP contribution in [-0.4, -0.2) is 117 Å². The van der Waals surface area contributed by atoms with Crippen molar-refractivity contribution in [2.24, 2.45) is 0 Å². The summed E-state index contributed by atoms with van der Waals surface area (Å²) < 4.78 is 32.4. The molecule has 0 amide bonds. The Hall–Kier alpha value is -3.05. The number of ether oxygens (including phenoxy) is 6. The van der Waals surface area contributed by atoms with Gasteiger partial charge in [0.1, 0.15) is 42.9 Å². The lowest BCUT2D eigenvalue weighted by Crippen LogP contribution is -2.60. The summed E-state index contributed by atoms with van der Waals surface area (Å²) in [7, 11) is 1.37. The van der Waals surface area contributed by atoms with Gasteiger partial charge in [-0.05, 0) is 42.0 Å². The molecule has 14 heteroatoms. The molecule has 0 bridgehead atoms. The number of hydrogen-bond acceptors (Lipinski definition) is 14. The molecule has 2 aromatic carbocycles. The number of carbonyl (C=O) groups is 1. The van der Waals surface area contributed by atoms with Crippen LogP contribution in [-0.2, 0) is 25.6 Å². The quantitative estimate of drug-likeness (QED) is 0.161. The average Bonchev–Trinajstić information content (AvgIpc) is 3.25. The monoisotopic (exact) mass is 568 g/mol. The summed E-state index contributed by atoms with van der Waals surface area (Å²) in [6, 6.07) is 9.78. The smallest absolute Gasteiger partial charge is 0.338 e. The Kier molecular flexibility index (Phi) is 9.45. The zero-order valence-electron chi connectivity index (χ0n) is 21.4. The van der Waals surface area contributed by atoms with Crippen molar-refractivity contribution in [2.75, 3.05) is 26.9 Å². The molecule has 2 fully saturated rings. The molecular formula is C26H32O14. The predicted octanol–water partition coefficient (Wildman–Crippen LogP) is -1.60. The molecular weight excluding hydrogens is 536 g/mol. The second-order valence-electron chi connectivity index (χ2n) is 9.46. The first-order chi connectivity index (χ1) is 19.1. The summed E-state index contributed by atoms with van der Waals surface area (Å²) in [6.45, 7) is -1.79. The van der Waals surface area contributed by atoms with Gasteiger partial charge in [-0.1, -0.05) is 6.07 Å². The summed E-state index contributed by atoms with van der Waals surface area (Å²) in [6.07, 6.45) is -10.8. The zero-order valence-corrected chi connectivity index (χ0v) is 21.4. The highest BCUT2D eigenvalue weighted by molar-refractivity contribution is 5.89. The van der Waals surface area contributed by atoms with E-state index < -0.39 is 74.5 Å². The van der Waals surface area contributed by atoms with Gasteiger partial charge in [0, 0.05) is 0 Å². The molecule has 2 aliphatic heterocycles. The molecule has 0 aromatic heterocycles. The number of esters is 1. The molecule has 220 valence electrons. The summed E-state index contributed by atoms with van der Waals surface area (Å²) in [5.41, 5.74) is -1.35. The number of carbonyl (C=O) groups excluding carboxylic acids is 1. The van der Waals surface area contributed by atoms with Gasteiger partial charge in [-0.15, -0.1) is 0 Å². The fourth-order valence-corrected chi connectivity index (χ4v) is 4.17. The Morgan fingerprint density at radius 1 is 1.00 bits per heavy atom. The molecule has 0 unspecified atom stereocenters. The SMILES string of the molecule is COc1cc(CO)ccc1O[C@@H]1O[C@H](CO[C@@H]2OC[C@](O)(COC(=O)c3ccc(O)cc3)[C@H]2O)[C@@H](O)[C@H](O)[C@H]1O. The summed E-state index contributed by atoms with van der Waals surface area (Å²) in [5.74, 6) is -0.486. The van der Waals surface area contributed by atoms with Gasteiger partial charge >= 0.3 is 5.97 Å². The third-order valence-corrected chi connectivity index (χ3v) is 6.61. The predicted molar refractivity (Wildman–Crippen MR) is 131 cm³/mol. The Morgan fingerprint density at radius 2 is 1.73 bits per heavy atom. The van der Waals surface area contributed by atoms with Crippen molar-refractivity contribution in [3.8, 4) is 17.2 Å². The van der Waals surface area contributed by atoms with Crippen molar-refractivity contribution in [3.05, 3.63) is 53.6 Å². The Balaban J connectivity index is 1.34. The van der Waals surface area contributed by atoms with E-state index in [1.165, 1.54) is 43.5 Å². The van der Waals surface area contributed by atoms with Crippen molar-refractivity contribution in [1.82, 2.24) is 0 Å². The largest absolute Gasteiger partial charge is 0.508 e. The summed E-state index contributed by atoms with van der Waals surface area (Å²) >= 11 is 0. The lowest BCUT2D eigenvalue weighted by molar-refractivity contribution is -0.289. The molecule has 0 radical (unpaired) electrons. The Bertz CT molecular complexity index is 1140. The van der Waals surface area contributed by atoms with Crippen LogP contribution in [0.3, 0.4) is 0 Å². The second kappa shape index (κ2) is 12.6. The highest BCUT2D eigenvalue weighted by atomic mass is 16.7. The van der Waals surface area contributed by atoms with E-state index in [1.807, 2.05) is 0 Å². The lowest BCUT2D eigenvalue weighted by atomic mass is 9.99. The number of rotatable bonds is 10. The lowest BCUT2D eigenvalue weighted by Gasteiger charge is -2.40. The van der Waals surface area contributed by atoms with Crippen LogP contribution in [0.5, 0.6) is 17.2 Å². The Morgan fingerprint density at radius 3 is 2.40 bits per heavy atom. The number of aliphatic hydroxyl groups excluding tert-OH is 5. The van der Waals surface area contributed by atoms with Crippen molar-refractivity contribution in [3.63, 3.8) is 0 Å². The van der Waals surface area contributed by atoms with Crippen LogP contribution in [0.25, 0.3) is 0 Å². The van der Waals surface area contributed by atoms with Crippen molar-refractivity contribution in [1.29, 1.82) is 0 Å². The number of aliphatic hydroxyl groups is 6. The van der Waals surface area contributed by atoms with E-state index in [9.17, 15) is 40.5 Å². The molecule has 0 spiro atoms. The Labute approximate surface area is 228 Å². The van der Waals surface area contributed by atoms with Crippen molar-refractivity contribution >= 4 is 5.97 Å². The number of phenolic OH excluding ortho intramolecular Hbond substituents is 1. The van der Waals surface area contributed by atoms with E-state index in [0.717, 1.165) is 0 Å². The van der Waals surface area contributed by atoms with Crippen LogP contribution in [0.2, 0.25) is 0 Å². The average molecular weight is 569 g/mol. The first-order valence-electron chi connectivity index (χ1n) is 12.3. The number of benzene rings is 2. The number of methoxy groups -OCH3 is 1. The second-order valence-corrected chi connectivity index (χ2v) is 9.46. The first-order valence-corrected chi connectivity index (χ1v) is 12.3. The molecule has 40 heavy (non-hydrogen) atoms. The molecule has 0 saturated carbocycles. The van der Waals surface area contributed by atoms with Gasteiger partial charge in [-0.2, -0.15) is 0 Å².